The fraction of sp³-hybridized carbons (Fsp3) is 0.321. The zero-order valence-corrected chi connectivity index (χ0v) is 22.6. The summed E-state index contributed by atoms with van der Waals surface area (Å²) in [5.74, 6) is -0.109. The molecular weight excluding hydrogens is 545 g/mol. The van der Waals surface area contributed by atoms with E-state index in [9.17, 15) is 26.4 Å². The normalized spacial score (nSPS) is 15.9. The molecule has 0 aliphatic carbocycles. The first-order valence-corrected chi connectivity index (χ1v) is 14.2. The molecule has 1 aliphatic heterocycles. The average molecular weight is 575 g/mol. The second-order valence-corrected chi connectivity index (χ2v) is 10.9. The summed E-state index contributed by atoms with van der Waals surface area (Å²) in [5, 5.41) is -0.313. The first-order valence-electron chi connectivity index (χ1n) is 12.7. The zero-order chi connectivity index (χ0) is 28.9. The highest BCUT2D eigenvalue weighted by Gasteiger charge is 2.35. The van der Waals surface area contributed by atoms with Crippen molar-refractivity contribution in [3.63, 3.8) is 0 Å². The Morgan fingerprint density at radius 3 is 2.65 bits per heavy atom. The van der Waals surface area contributed by atoms with Gasteiger partial charge in [0.25, 0.3) is 10.0 Å². The molecule has 0 radical (unpaired) electrons. The lowest BCUT2D eigenvalue weighted by Gasteiger charge is -2.33. The lowest BCUT2D eigenvalue weighted by Crippen LogP contribution is -2.37. The summed E-state index contributed by atoms with van der Waals surface area (Å²) < 4.78 is 75.2. The van der Waals surface area contributed by atoms with E-state index in [0.717, 1.165) is 25.0 Å². The third kappa shape index (κ3) is 6.79. The Bertz CT molecular complexity index is 1490. The molecule has 0 bridgehead atoms. The highest BCUT2D eigenvalue weighted by molar-refractivity contribution is 7.92. The van der Waals surface area contributed by atoms with Crippen LogP contribution in [0, 0.1) is 5.92 Å². The summed E-state index contributed by atoms with van der Waals surface area (Å²) >= 11 is 0. The number of aromatic nitrogens is 2. The van der Waals surface area contributed by atoms with Crippen molar-refractivity contribution < 1.29 is 31.1 Å². The number of carbonyl (C=O) groups excluding carboxylic acids is 1. The minimum atomic E-state index is -4.72. The maximum atomic E-state index is 13.8. The Labute approximate surface area is 231 Å². The number of nitrogens with one attached hydrogen (secondary N) is 1. The van der Waals surface area contributed by atoms with Crippen LogP contribution in [0.3, 0.4) is 0 Å². The monoisotopic (exact) mass is 574 g/mol. The first-order chi connectivity index (χ1) is 19.0. The van der Waals surface area contributed by atoms with Crippen LogP contribution in [0.25, 0.3) is 17.3 Å². The molecule has 0 amide bonds. The number of hydrogen-bond donors (Lipinski definition) is 1. The molecule has 1 aromatic carbocycles. The van der Waals surface area contributed by atoms with Crippen LogP contribution in [-0.4, -0.2) is 44.1 Å². The van der Waals surface area contributed by atoms with E-state index in [2.05, 4.69) is 21.3 Å². The van der Waals surface area contributed by atoms with E-state index in [1.165, 1.54) is 24.3 Å². The van der Waals surface area contributed by atoms with E-state index in [4.69, 9.17) is 4.74 Å². The van der Waals surface area contributed by atoms with Crippen LogP contribution in [-0.2, 0) is 25.7 Å². The van der Waals surface area contributed by atoms with E-state index in [1.54, 1.807) is 31.2 Å². The average Bonchev–Trinajstić information content (AvgIpc) is 2.92. The van der Waals surface area contributed by atoms with Crippen LogP contribution in [0.15, 0.2) is 66.2 Å². The van der Waals surface area contributed by atoms with Gasteiger partial charge >= 0.3 is 12.1 Å². The molecule has 1 aliphatic rings. The number of halogens is 3. The SMILES string of the molecule is C=Cc1ccccc1-c1nc(NS(=O)(=O)c2cccc(N3CCC[C@H](CC(=O)OCC)C3)n2)ccc1C(F)(F)F. The summed E-state index contributed by atoms with van der Waals surface area (Å²) in [6.07, 6.45) is -1.41. The Kier molecular flexibility index (Phi) is 8.77. The van der Waals surface area contributed by atoms with E-state index < -0.39 is 27.5 Å². The molecule has 8 nitrogen and oxygen atoms in total. The maximum Gasteiger partial charge on any atom is 0.418 e. The first kappa shape index (κ1) is 29.1. The van der Waals surface area contributed by atoms with E-state index in [-0.39, 0.29) is 34.7 Å². The Balaban J connectivity index is 1.61. The van der Waals surface area contributed by atoms with Gasteiger partial charge in [-0.3, -0.25) is 9.52 Å². The molecule has 0 spiro atoms. The molecule has 12 heteroatoms. The molecule has 0 saturated carbocycles. The number of benzene rings is 1. The van der Waals surface area contributed by atoms with E-state index in [0.29, 0.717) is 31.1 Å². The molecule has 1 fully saturated rings. The number of anilines is 2. The number of rotatable bonds is 9. The highest BCUT2D eigenvalue weighted by atomic mass is 32.2. The van der Waals surface area contributed by atoms with Gasteiger partial charge in [-0.25, -0.2) is 9.97 Å². The van der Waals surface area contributed by atoms with Crippen molar-refractivity contribution in [2.24, 2.45) is 5.92 Å². The lowest BCUT2D eigenvalue weighted by molar-refractivity contribution is -0.144. The van der Waals surface area contributed by atoms with Gasteiger partial charge in [-0.15, -0.1) is 0 Å². The second-order valence-electron chi connectivity index (χ2n) is 9.28. The standard InChI is InChI=1S/C28H29F3N4O4S/c1-3-20-10-5-6-11-21(20)27-22(28(29,30)31)14-15-23(32-27)34-40(37,38)25-13-7-12-24(33-25)35-16-8-9-19(18-35)17-26(36)39-4-2/h3,5-7,10-15,19H,1,4,8-9,16-18H2,2H3,(H,32,34)/t19-/m1/s1. The van der Waals surface area contributed by atoms with Crippen LogP contribution < -0.4 is 9.62 Å². The van der Waals surface area contributed by atoms with Crippen molar-refractivity contribution in [3.05, 3.63) is 72.3 Å². The number of nitrogens with zero attached hydrogens (tertiary/aromatic N) is 3. The molecular formula is C28H29F3N4O4S. The number of piperidine rings is 1. The Morgan fingerprint density at radius 2 is 1.93 bits per heavy atom. The molecule has 2 aromatic heterocycles. The molecule has 1 N–H and O–H groups in total. The van der Waals surface area contributed by atoms with Crippen LogP contribution >= 0.6 is 0 Å². The van der Waals surface area contributed by atoms with Crippen LogP contribution in [0.1, 0.15) is 37.3 Å². The summed E-state index contributed by atoms with van der Waals surface area (Å²) in [4.78, 5) is 22.2. The lowest BCUT2D eigenvalue weighted by atomic mass is 9.95. The van der Waals surface area contributed by atoms with Gasteiger partial charge in [0, 0.05) is 18.7 Å². The molecule has 3 heterocycles. The van der Waals surface area contributed by atoms with Gasteiger partial charge in [0.15, 0.2) is 5.03 Å². The molecule has 3 aromatic rings. The number of ether oxygens (including phenoxy) is 1. The number of esters is 1. The van der Waals surface area contributed by atoms with Crippen molar-refractivity contribution in [1.29, 1.82) is 0 Å². The van der Waals surface area contributed by atoms with Crippen molar-refractivity contribution >= 4 is 33.7 Å². The summed E-state index contributed by atoms with van der Waals surface area (Å²) in [7, 11) is -4.30. The van der Waals surface area contributed by atoms with Crippen LogP contribution in [0.2, 0.25) is 0 Å². The van der Waals surface area contributed by atoms with Crippen LogP contribution in [0.4, 0.5) is 24.8 Å². The van der Waals surface area contributed by atoms with Crippen LogP contribution in [0.5, 0.6) is 0 Å². The molecule has 1 saturated heterocycles. The number of pyridine rings is 2. The molecule has 4 rings (SSSR count). The van der Waals surface area contributed by atoms with Crippen molar-refractivity contribution in [2.75, 3.05) is 29.3 Å². The fourth-order valence-corrected chi connectivity index (χ4v) is 5.62. The molecule has 212 valence electrons. The minimum Gasteiger partial charge on any atom is -0.466 e. The molecule has 1 atom stereocenters. The number of carbonyl (C=O) groups is 1. The smallest absolute Gasteiger partial charge is 0.418 e. The zero-order valence-electron chi connectivity index (χ0n) is 21.8. The molecule has 0 unspecified atom stereocenters. The van der Waals surface area contributed by atoms with Crippen molar-refractivity contribution in [1.82, 2.24) is 9.97 Å². The summed E-state index contributed by atoms with van der Waals surface area (Å²) in [5.41, 5.74) is -0.857. The Morgan fingerprint density at radius 1 is 1.15 bits per heavy atom. The van der Waals surface area contributed by atoms with Gasteiger partial charge in [-0.05, 0) is 55.5 Å². The van der Waals surface area contributed by atoms with E-state index >= 15 is 0 Å². The summed E-state index contributed by atoms with van der Waals surface area (Å²) in [6.45, 7) is 6.84. The predicted octanol–water partition coefficient (Wildman–Crippen LogP) is 5.78. The van der Waals surface area contributed by atoms with Gasteiger partial charge in [0.05, 0.1) is 24.3 Å². The number of hydrogen-bond acceptors (Lipinski definition) is 7. The largest absolute Gasteiger partial charge is 0.466 e. The predicted molar refractivity (Wildman–Crippen MR) is 146 cm³/mol. The minimum absolute atomic E-state index is 0.0428. The summed E-state index contributed by atoms with van der Waals surface area (Å²) in [6, 6.07) is 12.5. The Hall–Kier alpha value is -3.93. The number of sulfonamides is 1. The third-order valence-corrected chi connectivity index (χ3v) is 7.72. The number of alkyl halides is 3. The third-order valence-electron chi connectivity index (χ3n) is 6.46. The fourth-order valence-electron chi connectivity index (χ4n) is 4.66. The van der Waals surface area contributed by atoms with Crippen molar-refractivity contribution in [2.45, 2.75) is 37.4 Å². The maximum absolute atomic E-state index is 13.8. The van der Waals surface area contributed by atoms with Gasteiger partial charge in [-0.1, -0.05) is 43.0 Å². The van der Waals surface area contributed by atoms with Crippen molar-refractivity contribution in [3.8, 4) is 11.3 Å². The van der Waals surface area contributed by atoms with Gasteiger partial charge in [0.2, 0.25) is 0 Å². The van der Waals surface area contributed by atoms with Gasteiger partial charge in [-0.2, -0.15) is 21.6 Å². The topological polar surface area (TPSA) is 101 Å². The van der Waals surface area contributed by atoms with E-state index in [1.807, 2.05) is 4.90 Å². The van der Waals surface area contributed by atoms with Gasteiger partial charge < -0.3 is 9.64 Å². The molecule has 40 heavy (non-hydrogen) atoms. The second kappa shape index (κ2) is 12.1. The quantitative estimate of drug-likeness (QED) is 0.324. The highest BCUT2D eigenvalue weighted by Crippen LogP contribution is 2.38. The van der Waals surface area contributed by atoms with Gasteiger partial charge in [0.1, 0.15) is 11.6 Å².